The van der Waals surface area contributed by atoms with Crippen LogP contribution in [-0.4, -0.2) is 0 Å². The summed E-state index contributed by atoms with van der Waals surface area (Å²) < 4.78 is 0. The van der Waals surface area contributed by atoms with Crippen LogP contribution < -0.4 is 0 Å². The van der Waals surface area contributed by atoms with Crippen LogP contribution in [0, 0.1) is 27.7 Å². The van der Waals surface area contributed by atoms with E-state index in [1.165, 1.54) is 127 Å². The SMILES string of the molecule is C=Cc1ccc(CC)c(C=C)c1C.Cc1ccc(-c2ccc3ccc4c(-c5cc(C)c(-c6cccc7c6Cc6ccccc6-7)cc5C)ccc5ccc2c3c54)cc1. The van der Waals surface area contributed by atoms with Gasteiger partial charge in [-0.25, -0.2) is 0 Å². The van der Waals surface area contributed by atoms with Gasteiger partial charge in [0, 0.05) is 0 Å². The molecule has 0 aromatic heterocycles. The van der Waals surface area contributed by atoms with E-state index in [1.54, 1.807) is 0 Å². The lowest BCUT2D eigenvalue weighted by molar-refractivity contribution is 1.12. The van der Waals surface area contributed by atoms with E-state index < -0.39 is 0 Å². The topological polar surface area (TPSA) is 0 Å². The van der Waals surface area contributed by atoms with Crippen molar-refractivity contribution in [1.29, 1.82) is 0 Å². The first-order valence-electron chi connectivity index (χ1n) is 20.3. The van der Waals surface area contributed by atoms with E-state index in [2.05, 4.69) is 187 Å². The van der Waals surface area contributed by atoms with Gasteiger partial charge in [-0.1, -0.05) is 177 Å². The highest BCUT2D eigenvalue weighted by atomic mass is 14.3. The third-order valence-corrected chi connectivity index (χ3v) is 12.5. The molecule has 0 aliphatic heterocycles. The highest BCUT2D eigenvalue weighted by molar-refractivity contribution is 6.27. The third kappa shape index (κ3) is 6.08. The van der Waals surface area contributed by atoms with Gasteiger partial charge in [0.2, 0.25) is 0 Å². The number of hydrogen-bond donors (Lipinski definition) is 0. The average Bonchev–Trinajstić information content (AvgIpc) is 3.63. The van der Waals surface area contributed by atoms with Gasteiger partial charge in [0.05, 0.1) is 0 Å². The van der Waals surface area contributed by atoms with Crippen LogP contribution in [0.3, 0.4) is 0 Å². The molecule has 0 saturated carbocycles. The lowest BCUT2D eigenvalue weighted by Crippen LogP contribution is -1.95. The second-order valence-electron chi connectivity index (χ2n) is 15.8. The van der Waals surface area contributed by atoms with Crippen LogP contribution in [0.15, 0.2) is 153 Å². The van der Waals surface area contributed by atoms with Crippen molar-refractivity contribution in [3.63, 3.8) is 0 Å². The van der Waals surface area contributed by atoms with Crippen LogP contribution in [0.1, 0.15) is 57.0 Å². The Labute approximate surface area is 337 Å². The Bertz CT molecular complexity index is 3020. The predicted molar refractivity (Wildman–Crippen MR) is 250 cm³/mol. The first kappa shape index (κ1) is 36.2. The molecule has 1 aliphatic carbocycles. The molecule has 0 heteroatoms. The number of hydrogen-bond acceptors (Lipinski definition) is 0. The van der Waals surface area contributed by atoms with Crippen molar-refractivity contribution >= 4 is 44.5 Å². The Kier molecular flexibility index (Phi) is 9.22. The lowest BCUT2D eigenvalue weighted by Gasteiger charge is -2.19. The molecule has 0 heterocycles. The van der Waals surface area contributed by atoms with Crippen molar-refractivity contribution in [2.45, 2.75) is 47.5 Å². The molecular formula is C57H48. The fourth-order valence-electron chi connectivity index (χ4n) is 9.44. The fraction of sp³-hybridized carbons (Fsp3) is 0.123. The van der Waals surface area contributed by atoms with Gasteiger partial charge in [-0.2, -0.15) is 0 Å². The van der Waals surface area contributed by atoms with E-state index >= 15 is 0 Å². The van der Waals surface area contributed by atoms with Crippen molar-refractivity contribution in [2.75, 3.05) is 0 Å². The molecule has 0 nitrogen and oxygen atoms in total. The molecule has 0 unspecified atom stereocenters. The zero-order valence-electron chi connectivity index (χ0n) is 33.8. The molecule has 9 aromatic carbocycles. The van der Waals surface area contributed by atoms with Crippen LogP contribution in [0.4, 0.5) is 0 Å². The molecule has 0 atom stereocenters. The van der Waals surface area contributed by atoms with E-state index in [0.29, 0.717) is 0 Å². The minimum Gasteiger partial charge on any atom is -0.0985 e. The van der Waals surface area contributed by atoms with Gasteiger partial charge >= 0.3 is 0 Å². The molecule has 0 amide bonds. The summed E-state index contributed by atoms with van der Waals surface area (Å²) in [7, 11) is 0. The van der Waals surface area contributed by atoms with Crippen molar-refractivity contribution in [1.82, 2.24) is 0 Å². The largest absolute Gasteiger partial charge is 0.0985 e. The summed E-state index contributed by atoms with van der Waals surface area (Å²) in [6, 6.07) is 52.3. The number of benzene rings is 9. The van der Waals surface area contributed by atoms with E-state index in [4.69, 9.17) is 0 Å². The van der Waals surface area contributed by atoms with Crippen LogP contribution in [0.5, 0.6) is 0 Å². The Morgan fingerprint density at radius 1 is 0.509 bits per heavy atom. The maximum Gasteiger partial charge on any atom is -0.000728 e. The molecule has 0 saturated heterocycles. The first-order chi connectivity index (χ1) is 27.8. The van der Waals surface area contributed by atoms with Crippen LogP contribution in [0.25, 0.3) is 89.0 Å². The second kappa shape index (κ2) is 14.5. The van der Waals surface area contributed by atoms with Gasteiger partial charge in [0.1, 0.15) is 0 Å². The summed E-state index contributed by atoms with van der Waals surface area (Å²) in [6.07, 6.45) is 5.88. The molecule has 1 aliphatic rings. The maximum atomic E-state index is 3.84. The minimum atomic E-state index is 1.00. The van der Waals surface area contributed by atoms with E-state index in [9.17, 15) is 0 Å². The summed E-state index contributed by atoms with van der Waals surface area (Å²) in [5.41, 5.74) is 22.6. The third-order valence-electron chi connectivity index (χ3n) is 12.5. The van der Waals surface area contributed by atoms with Crippen molar-refractivity contribution < 1.29 is 0 Å². The number of fused-ring (bicyclic) bond motifs is 3. The lowest BCUT2D eigenvalue weighted by atomic mass is 9.85. The van der Waals surface area contributed by atoms with Crippen LogP contribution in [-0.2, 0) is 12.8 Å². The zero-order valence-corrected chi connectivity index (χ0v) is 33.8. The van der Waals surface area contributed by atoms with E-state index in [-0.39, 0.29) is 0 Å². The molecule has 0 bridgehead atoms. The molecule has 10 rings (SSSR count). The summed E-state index contributed by atoms with van der Waals surface area (Å²) in [5, 5.41) is 7.98. The molecule has 57 heavy (non-hydrogen) atoms. The van der Waals surface area contributed by atoms with Crippen LogP contribution in [0.2, 0.25) is 0 Å². The van der Waals surface area contributed by atoms with E-state index in [1.807, 2.05) is 12.2 Å². The van der Waals surface area contributed by atoms with Crippen LogP contribution >= 0.6 is 0 Å². The highest BCUT2D eigenvalue weighted by Crippen LogP contribution is 2.46. The van der Waals surface area contributed by atoms with Gasteiger partial charge in [-0.15, -0.1) is 0 Å². The Morgan fingerprint density at radius 2 is 1.09 bits per heavy atom. The summed E-state index contributed by atoms with van der Waals surface area (Å²) >= 11 is 0. The monoisotopic (exact) mass is 732 g/mol. The zero-order chi connectivity index (χ0) is 39.4. The smallest absolute Gasteiger partial charge is 0.000728 e. The molecule has 0 fully saturated rings. The summed E-state index contributed by atoms with van der Waals surface area (Å²) in [5.74, 6) is 0. The summed E-state index contributed by atoms with van der Waals surface area (Å²) in [6.45, 7) is 18.6. The minimum absolute atomic E-state index is 1.00. The molecule has 0 spiro atoms. The molecule has 0 N–H and O–H groups in total. The molecule has 9 aromatic rings. The normalized spacial score (nSPS) is 11.7. The van der Waals surface area contributed by atoms with Gasteiger partial charge in [0.15, 0.2) is 0 Å². The van der Waals surface area contributed by atoms with Gasteiger partial charge in [-0.3, -0.25) is 0 Å². The Morgan fingerprint density at radius 3 is 1.74 bits per heavy atom. The van der Waals surface area contributed by atoms with E-state index in [0.717, 1.165) is 12.8 Å². The quantitative estimate of drug-likeness (QED) is 0.149. The Hall–Kier alpha value is -6.50. The van der Waals surface area contributed by atoms with Gasteiger partial charge in [-0.05, 0) is 162 Å². The first-order valence-corrected chi connectivity index (χ1v) is 20.3. The molecular weight excluding hydrogens is 685 g/mol. The van der Waals surface area contributed by atoms with Gasteiger partial charge in [0.25, 0.3) is 0 Å². The van der Waals surface area contributed by atoms with Crippen molar-refractivity contribution in [3.05, 3.63) is 203 Å². The maximum absolute atomic E-state index is 3.84. The summed E-state index contributed by atoms with van der Waals surface area (Å²) in [4.78, 5) is 0. The Balaban J connectivity index is 0.000000279. The highest BCUT2D eigenvalue weighted by Gasteiger charge is 2.23. The number of rotatable bonds is 6. The fourth-order valence-corrected chi connectivity index (χ4v) is 9.44. The van der Waals surface area contributed by atoms with Crippen molar-refractivity contribution in [2.24, 2.45) is 0 Å². The van der Waals surface area contributed by atoms with Gasteiger partial charge < -0.3 is 0 Å². The second-order valence-corrected chi connectivity index (χ2v) is 15.8. The standard InChI is InChI=1S/C44H32.C13H16/c1-26-11-13-29(14-12-26)34-19-15-30-18-22-39-37(20-16-31-17-21-38(34)43(30)44(31)39)41-24-27(2)40(23-28(41)3)36-10-6-9-35-33-8-5-4-7-32(33)25-42(35)36;1-5-11-8-9-12(6-2)13(7-3)10(11)4/h4-24H,25H2,1-3H3;5,7-9H,1,3,6H2,2,4H3. The van der Waals surface area contributed by atoms with Crippen molar-refractivity contribution in [3.8, 4) is 44.5 Å². The number of aryl methyl sites for hydroxylation is 4. The molecule has 276 valence electrons. The average molecular weight is 733 g/mol. The predicted octanol–water partition coefficient (Wildman–Crippen LogP) is 15.9. The molecule has 0 radical (unpaired) electrons.